The number of benzene rings is 1. The molecule has 8 heteroatoms. The first-order valence-corrected chi connectivity index (χ1v) is 7.72. The Morgan fingerprint density at radius 1 is 1.21 bits per heavy atom. The van der Waals surface area contributed by atoms with Crippen molar-refractivity contribution < 1.29 is 23.9 Å². The van der Waals surface area contributed by atoms with E-state index in [-0.39, 0.29) is 17.5 Å². The number of carbonyl (C=O) groups excluding carboxylic acids is 4. The number of rotatable bonds is 5. The maximum atomic E-state index is 12.6. The lowest BCUT2D eigenvalue weighted by Crippen LogP contribution is -2.51. The number of ether oxygens (including phenoxy) is 1. The van der Waals surface area contributed by atoms with Gasteiger partial charge in [-0.3, -0.25) is 19.3 Å². The average Bonchev–Trinajstić information content (AvgIpc) is 2.85. The highest BCUT2D eigenvalue weighted by molar-refractivity contribution is 6.26. The normalized spacial score (nSPS) is 15.8. The fraction of sp³-hybridized carbons (Fsp3) is 0.375. The monoisotopic (exact) mass is 352 g/mol. The third-order valence-corrected chi connectivity index (χ3v) is 4.36. The first-order valence-electron chi connectivity index (χ1n) is 7.38. The van der Waals surface area contributed by atoms with Crippen molar-refractivity contribution in [1.29, 1.82) is 0 Å². The summed E-state index contributed by atoms with van der Waals surface area (Å²) < 4.78 is 5.22. The SMILES string of the molecule is CC[C@@H](C(=O)N(Cl)[C@@H](C)C(=O)OC)N1C(=O)c2ccccc2C1=O. The molecule has 1 aromatic rings. The highest BCUT2D eigenvalue weighted by atomic mass is 35.5. The van der Waals surface area contributed by atoms with Gasteiger partial charge in [-0.15, -0.1) is 0 Å². The third kappa shape index (κ3) is 2.87. The van der Waals surface area contributed by atoms with E-state index >= 15 is 0 Å². The van der Waals surface area contributed by atoms with Crippen LogP contribution in [0.5, 0.6) is 0 Å². The molecule has 2 atom stereocenters. The molecular formula is C16H17ClN2O5. The molecular weight excluding hydrogens is 336 g/mol. The molecule has 0 saturated carbocycles. The Bertz CT molecular complexity index is 670. The third-order valence-electron chi connectivity index (χ3n) is 3.90. The largest absolute Gasteiger partial charge is 0.467 e. The molecule has 7 nitrogen and oxygen atoms in total. The lowest BCUT2D eigenvalue weighted by Gasteiger charge is -2.29. The molecule has 0 aromatic heterocycles. The van der Waals surface area contributed by atoms with Crippen LogP contribution in [-0.2, 0) is 14.3 Å². The fourth-order valence-electron chi connectivity index (χ4n) is 2.55. The van der Waals surface area contributed by atoms with Gasteiger partial charge in [-0.1, -0.05) is 19.1 Å². The molecule has 0 fully saturated rings. The van der Waals surface area contributed by atoms with Crippen LogP contribution in [0.3, 0.4) is 0 Å². The van der Waals surface area contributed by atoms with Gasteiger partial charge in [0.1, 0.15) is 12.1 Å². The molecule has 1 aliphatic rings. The lowest BCUT2D eigenvalue weighted by molar-refractivity contribution is -0.149. The van der Waals surface area contributed by atoms with Gasteiger partial charge in [0.25, 0.3) is 17.7 Å². The van der Waals surface area contributed by atoms with Gasteiger partial charge in [-0.05, 0) is 25.5 Å². The number of esters is 1. The number of imide groups is 1. The molecule has 1 aliphatic heterocycles. The Morgan fingerprint density at radius 3 is 2.12 bits per heavy atom. The van der Waals surface area contributed by atoms with Crippen molar-refractivity contribution in [2.75, 3.05) is 7.11 Å². The summed E-state index contributed by atoms with van der Waals surface area (Å²) in [6.45, 7) is 3.05. The second-order valence-electron chi connectivity index (χ2n) is 5.30. The Labute approximate surface area is 144 Å². The van der Waals surface area contributed by atoms with Crippen molar-refractivity contribution >= 4 is 35.5 Å². The summed E-state index contributed by atoms with van der Waals surface area (Å²) in [5, 5.41) is 0. The summed E-state index contributed by atoms with van der Waals surface area (Å²) >= 11 is 5.95. The quantitative estimate of drug-likeness (QED) is 0.456. The summed E-state index contributed by atoms with van der Waals surface area (Å²) in [6.07, 6.45) is 0.168. The number of hydrogen-bond acceptors (Lipinski definition) is 5. The second-order valence-corrected chi connectivity index (χ2v) is 5.66. The Morgan fingerprint density at radius 2 is 1.71 bits per heavy atom. The molecule has 0 unspecified atom stereocenters. The van der Waals surface area contributed by atoms with E-state index in [0.29, 0.717) is 4.42 Å². The molecule has 1 aromatic carbocycles. The second kappa shape index (κ2) is 7.00. The number of fused-ring (bicyclic) bond motifs is 1. The van der Waals surface area contributed by atoms with Gasteiger partial charge in [0.2, 0.25) is 0 Å². The zero-order chi connectivity index (χ0) is 18.0. The molecule has 0 radical (unpaired) electrons. The van der Waals surface area contributed by atoms with E-state index in [2.05, 4.69) is 4.74 Å². The van der Waals surface area contributed by atoms with Crippen LogP contribution < -0.4 is 0 Å². The minimum Gasteiger partial charge on any atom is -0.467 e. The molecule has 0 N–H and O–H groups in total. The summed E-state index contributed by atoms with van der Waals surface area (Å²) in [4.78, 5) is 50.0. The van der Waals surface area contributed by atoms with Crippen LogP contribution in [0.25, 0.3) is 0 Å². The lowest BCUT2D eigenvalue weighted by atomic mass is 10.1. The van der Waals surface area contributed by atoms with E-state index in [9.17, 15) is 19.2 Å². The van der Waals surface area contributed by atoms with E-state index in [4.69, 9.17) is 11.8 Å². The summed E-state index contributed by atoms with van der Waals surface area (Å²) in [5.41, 5.74) is 0.492. The van der Waals surface area contributed by atoms with Crippen LogP contribution >= 0.6 is 11.8 Å². The number of hydrogen-bond donors (Lipinski definition) is 0. The molecule has 24 heavy (non-hydrogen) atoms. The first kappa shape index (κ1) is 17.9. The van der Waals surface area contributed by atoms with Gasteiger partial charge < -0.3 is 4.74 Å². The van der Waals surface area contributed by atoms with E-state index in [1.165, 1.54) is 26.2 Å². The van der Waals surface area contributed by atoms with Crippen LogP contribution in [0.2, 0.25) is 0 Å². The first-order chi connectivity index (χ1) is 11.3. The van der Waals surface area contributed by atoms with Crippen molar-refractivity contribution in [3.8, 4) is 0 Å². The van der Waals surface area contributed by atoms with Gasteiger partial charge in [0.05, 0.1) is 18.2 Å². The maximum absolute atomic E-state index is 12.6. The molecule has 3 amide bonds. The van der Waals surface area contributed by atoms with Crippen LogP contribution in [0.15, 0.2) is 24.3 Å². The van der Waals surface area contributed by atoms with Gasteiger partial charge in [-0.2, -0.15) is 0 Å². The van der Waals surface area contributed by atoms with E-state index in [1.54, 1.807) is 19.1 Å². The molecule has 0 saturated heterocycles. The zero-order valence-electron chi connectivity index (χ0n) is 13.5. The molecule has 1 heterocycles. The van der Waals surface area contributed by atoms with Crippen molar-refractivity contribution in [2.45, 2.75) is 32.4 Å². The smallest absolute Gasteiger partial charge is 0.329 e. The average molecular weight is 353 g/mol. The number of amides is 3. The standard InChI is InChI=1S/C16H17ClN2O5/c1-4-12(15(22)19(17)9(2)16(23)24-3)18-13(20)10-7-5-6-8-11(10)14(18)21/h5-9,12H,4H2,1-3H3/t9-,12-/m0/s1. The Balaban J connectivity index is 2.30. The van der Waals surface area contributed by atoms with E-state index in [1.807, 2.05) is 0 Å². The van der Waals surface area contributed by atoms with Crippen LogP contribution in [0.4, 0.5) is 0 Å². The highest BCUT2D eigenvalue weighted by Gasteiger charge is 2.44. The zero-order valence-corrected chi connectivity index (χ0v) is 14.2. The predicted octanol–water partition coefficient (Wildman–Crippen LogP) is 1.61. The minimum atomic E-state index is -1.10. The van der Waals surface area contributed by atoms with E-state index in [0.717, 1.165) is 4.90 Å². The van der Waals surface area contributed by atoms with Crippen molar-refractivity contribution in [1.82, 2.24) is 9.32 Å². The fourth-order valence-corrected chi connectivity index (χ4v) is 2.75. The van der Waals surface area contributed by atoms with Gasteiger partial charge >= 0.3 is 5.97 Å². The van der Waals surface area contributed by atoms with Gasteiger partial charge in [-0.25, -0.2) is 9.21 Å². The topological polar surface area (TPSA) is 84.0 Å². The Hall–Kier alpha value is -2.41. The Kier molecular flexibility index (Phi) is 5.23. The van der Waals surface area contributed by atoms with Crippen molar-refractivity contribution in [3.63, 3.8) is 0 Å². The van der Waals surface area contributed by atoms with Crippen molar-refractivity contribution in [2.24, 2.45) is 0 Å². The minimum absolute atomic E-state index is 0.168. The predicted molar refractivity (Wildman–Crippen MR) is 85.2 cm³/mol. The number of nitrogens with zero attached hydrogens (tertiary/aromatic N) is 2. The van der Waals surface area contributed by atoms with Crippen LogP contribution in [0, 0.1) is 0 Å². The summed E-state index contributed by atoms with van der Waals surface area (Å²) in [7, 11) is 1.18. The highest BCUT2D eigenvalue weighted by Crippen LogP contribution is 2.27. The number of methoxy groups -OCH3 is 1. The van der Waals surface area contributed by atoms with Gasteiger partial charge in [0.15, 0.2) is 0 Å². The van der Waals surface area contributed by atoms with Crippen molar-refractivity contribution in [3.05, 3.63) is 35.4 Å². The van der Waals surface area contributed by atoms with Crippen LogP contribution in [0.1, 0.15) is 41.0 Å². The molecule has 128 valence electrons. The molecule has 0 aliphatic carbocycles. The number of carbonyl (C=O) groups is 4. The summed E-state index contributed by atoms with van der Waals surface area (Å²) in [5.74, 6) is -2.51. The van der Waals surface area contributed by atoms with E-state index < -0.39 is 35.8 Å². The van der Waals surface area contributed by atoms with Crippen LogP contribution in [-0.4, -0.2) is 52.2 Å². The molecule has 2 rings (SSSR count). The molecule has 0 bridgehead atoms. The van der Waals surface area contributed by atoms with Gasteiger partial charge in [0, 0.05) is 11.8 Å². The molecule has 0 spiro atoms. The summed E-state index contributed by atoms with van der Waals surface area (Å²) in [6, 6.07) is 4.20. The maximum Gasteiger partial charge on any atom is 0.329 e. The number of halogens is 1.